The molecule has 1 aliphatic heterocycles. The molecule has 3 nitrogen and oxygen atoms in total. The third-order valence-corrected chi connectivity index (χ3v) is 3.92. The third kappa shape index (κ3) is 2.69. The average Bonchev–Trinajstić information content (AvgIpc) is 2.67. The van der Waals surface area contributed by atoms with Crippen molar-refractivity contribution in [2.75, 3.05) is 13.1 Å². The van der Waals surface area contributed by atoms with Crippen molar-refractivity contribution < 1.29 is 13.6 Å². The summed E-state index contributed by atoms with van der Waals surface area (Å²) in [4.78, 5) is 14.3. The maximum atomic E-state index is 13.3. The van der Waals surface area contributed by atoms with Crippen LogP contribution in [0.4, 0.5) is 4.39 Å². The van der Waals surface area contributed by atoms with Crippen LogP contribution in [0.15, 0.2) is 28.9 Å². The van der Waals surface area contributed by atoms with Gasteiger partial charge in [0.25, 0.3) is 0 Å². The molecule has 1 aromatic carbocycles. The molecular formula is C16H18FNO2. The van der Waals surface area contributed by atoms with E-state index in [1.165, 1.54) is 25.0 Å². The fourth-order valence-electron chi connectivity index (χ4n) is 2.79. The molecule has 1 aliphatic rings. The zero-order valence-corrected chi connectivity index (χ0v) is 11.4. The Hall–Kier alpha value is -1.84. The number of benzene rings is 1. The minimum Gasteiger partial charge on any atom is -0.464 e. The summed E-state index contributed by atoms with van der Waals surface area (Å²) in [6.07, 6.45) is 6.41. The third-order valence-electron chi connectivity index (χ3n) is 3.92. The zero-order chi connectivity index (χ0) is 13.9. The largest absolute Gasteiger partial charge is 0.464 e. The number of carbonyl (C=O) groups is 1. The molecule has 2 heterocycles. The number of rotatable bonds is 2. The molecule has 1 amide bonds. The van der Waals surface area contributed by atoms with Crippen LogP contribution in [-0.4, -0.2) is 23.9 Å². The molecule has 3 rings (SSSR count). The van der Waals surface area contributed by atoms with Gasteiger partial charge in [-0.25, -0.2) is 4.39 Å². The Morgan fingerprint density at radius 3 is 2.70 bits per heavy atom. The number of furan rings is 1. The Morgan fingerprint density at radius 1 is 1.20 bits per heavy atom. The zero-order valence-electron chi connectivity index (χ0n) is 11.4. The Morgan fingerprint density at radius 2 is 1.95 bits per heavy atom. The van der Waals surface area contributed by atoms with Gasteiger partial charge in [-0.15, -0.1) is 0 Å². The van der Waals surface area contributed by atoms with Crippen molar-refractivity contribution in [1.29, 1.82) is 0 Å². The van der Waals surface area contributed by atoms with Gasteiger partial charge in [0.15, 0.2) is 0 Å². The van der Waals surface area contributed by atoms with Gasteiger partial charge in [0.1, 0.15) is 11.4 Å². The van der Waals surface area contributed by atoms with Gasteiger partial charge in [0.2, 0.25) is 5.91 Å². The molecule has 1 fully saturated rings. The van der Waals surface area contributed by atoms with E-state index in [2.05, 4.69) is 0 Å². The van der Waals surface area contributed by atoms with Gasteiger partial charge in [0, 0.05) is 24.0 Å². The fourth-order valence-corrected chi connectivity index (χ4v) is 2.79. The summed E-state index contributed by atoms with van der Waals surface area (Å²) >= 11 is 0. The molecule has 0 spiro atoms. The maximum Gasteiger partial charge on any atom is 0.227 e. The molecule has 2 aromatic rings. The number of nitrogens with zero attached hydrogens (tertiary/aromatic N) is 1. The average molecular weight is 275 g/mol. The summed E-state index contributed by atoms with van der Waals surface area (Å²) in [6, 6.07) is 4.40. The van der Waals surface area contributed by atoms with E-state index >= 15 is 0 Å². The van der Waals surface area contributed by atoms with Crippen molar-refractivity contribution in [2.24, 2.45) is 0 Å². The molecule has 4 heteroatoms. The monoisotopic (exact) mass is 275 g/mol. The molecule has 0 radical (unpaired) electrons. The molecule has 0 bridgehead atoms. The summed E-state index contributed by atoms with van der Waals surface area (Å²) in [5, 5.41) is 0.702. The van der Waals surface area contributed by atoms with Crippen molar-refractivity contribution >= 4 is 16.9 Å². The highest BCUT2D eigenvalue weighted by Gasteiger charge is 2.18. The number of amides is 1. The van der Waals surface area contributed by atoms with E-state index in [1.54, 1.807) is 12.3 Å². The van der Waals surface area contributed by atoms with Gasteiger partial charge >= 0.3 is 0 Å². The van der Waals surface area contributed by atoms with Crippen LogP contribution in [0.25, 0.3) is 11.0 Å². The van der Waals surface area contributed by atoms with Gasteiger partial charge in [-0.05, 0) is 31.0 Å². The predicted octanol–water partition coefficient (Wildman–Crippen LogP) is 3.52. The number of hydrogen-bond donors (Lipinski definition) is 0. The Balaban J connectivity index is 1.78. The first-order chi connectivity index (χ1) is 9.74. The van der Waals surface area contributed by atoms with Crippen LogP contribution in [0.5, 0.6) is 0 Å². The lowest BCUT2D eigenvalue weighted by molar-refractivity contribution is -0.130. The van der Waals surface area contributed by atoms with Crippen LogP contribution in [0.2, 0.25) is 0 Å². The normalized spacial score (nSPS) is 16.4. The number of carbonyl (C=O) groups excluding carboxylic acids is 1. The minimum atomic E-state index is -0.303. The lowest BCUT2D eigenvalue weighted by Crippen LogP contribution is -2.32. The summed E-state index contributed by atoms with van der Waals surface area (Å²) in [6.45, 7) is 1.67. The summed E-state index contributed by atoms with van der Waals surface area (Å²) in [5.41, 5.74) is 1.40. The number of hydrogen-bond acceptors (Lipinski definition) is 2. The lowest BCUT2D eigenvalue weighted by Gasteiger charge is -2.19. The molecular weight excluding hydrogens is 257 g/mol. The second kappa shape index (κ2) is 5.65. The molecule has 0 unspecified atom stereocenters. The summed E-state index contributed by atoms with van der Waals surface area (Å²) in [7, 11) is 0. The van der Waals surface area contributed by atoms with Gasteiger partial charge in [-0.1, -0.05) is 12.8 Å². The van der Waals surface area contributed by atoms with Gasteiger partial charge in [-0.3, -0.25) is 4.79 Å². The quantitative estimate of drug-likeness (QED) is 0.840. The second-order valence-corrected chi connectivity index (χ2v) is 5.37. The smallest absolute Gasteiger partial charge is 0.227 e. The first kappa shape index (κ1) is 13.2. The van der Waals surface area contributed by atoms with Crippen molar-refractivity contribution in [3.63, 3.8) is 0 Å². The summed E-state index contributed by atoms with van der Waals surface area (Å²) in [5.74, 6) is -0.193. The topological polar surface area (TPSA) is 33.5 Å². The van der Waals surface area contributed by atoms with E-state index < -0.39 is 0 Å². The predicted molar refractivity (Wildman–Crippen MR) is 74.9 cm³/mol. The van der Waals surface area contributed by atoms with Crippen LogP contribution in [0.1, 0.15) is 31.2 Å². The second-order valence-electron chi connectivity index (χ2n) is 5.37. The van der Waals surface area contributed by atoms with E-state index in [-0.39, 0.29) is 18.1 Å². The molecule has 0 N–H and O–H groups in total. The standard InChI is InChI=1S/C16H18FNO2/c17-13-5-6-15-14(10-13)12(11-20-15)9-16(19)18-7-3-1-2-4-8-18/h5-6,10-11H,1-4,7-9H2. The van der Waals surface area contributed by atoms with Gasteiger partial charge in [0.05, 0.1) is 12.7 Å². The van der Waals surface area contributed by atoms with Gasteiger partial charge in [-0.2, -0.15) is 0 Å². The van der Waals surface area contributed by atoms with E-state index in [0.29, 0.717) is 11.0 Å². The summed E-state index contributed by atoms with van der Waals surface area (Å²) < 4.78 is 18.7. The number of fused-ring (bicyclic) bond motifs is 1. The molecule has 106 valence electrons. The van der Waals surface area contributed by atoms with Crippen molar-refractivity contribution in [3.8, 4) is 0 Å². The molecule has 1 aromatic heterocycles. The van der Waals surface area contributed by atoms with E-state index in [0.717, 1.165) is 31.5 Å². The van der Waals surface area contributed by atoms with E-state index in [9.17, 15) is 9.18 Å². The fraction of sp³-hybridized carbons (Fsp3) is 0.438. The lowest BCUT2D eigenvalue weighted by atomic mass is 10.1. The highest BCUT2D eigenvalue weighted by molar-refractivity contribution is 5.87. The van der Waals surface area contributed by atoms with Crippen LogP contribution in [-0.2, 0) is 11.2 Å². The van der Waals surface area contributed by atoms with Crippen LogP contribution < -0.4 is 0 Å². The van der Waals surface area contributed by atoms with E-state index in [4.69, 9.17) is 4.42 Å². The number of halogens is 1. The highest BCUT2D eigenvalue weighted by Crippen LogP contribution is 2.23. The Bertz CT molecular complexity index is 612. The number of likely N-dealkylation sites (tertiary alicyclic amines) is 1. The van der Waals surface area contributed by atoms with Crippen LogP contribution in [0, 0.1) is 5.82 Å². The first-order valence-corrected chi connectivity index (χ1v) is 7.17. The Kier molecular flexibility index (Phi) is 3.72. The van der Waals surface area contributed by atoms with Crippen molar-refractivity contribution in [3.05, 3.63) is 35.8 Å². The van der Waals surface area contributed by atoms with Gasteiger partial charge < -0.3 is 9.32 Å². The minimum absolute atomic E-state index is 0.110. The van der Waals surface area contributed by atoms with Crippen molar-refractivity contribution in [1.82, 2.24) is 4.90 Å². The first-order valence-electron chi connectivity index (χ1n) is 7.17. The Labute approximate surface area is 117 Å². The molecule has 1 saturated heterocycles. The molecule has 0 aliphatic carbocycles. The van der Waals surface area contributed by atoms with Crippen LogP contribution >= 0.6 is 0 Å². The maximum absolute atomic E-state index is 13.3. The highest BCUT2D eigenvalue weighted by atomic mass is 19.1. The molecule has 0 atom stereocenters. The van der Waals surface area contributed by atoms with Crippen molar-refractivity contribution in [2.45, 2.75) is 32.1 Å². The molecule has 0 saturated carbocycles. The van der Waals surface area contributed by atoms with E-state index in [1.807, 2.05) is 4.90 Å². The van der Waals surface area contributed by atoms with Crippen LogP contribution in [0.3, 0.4) is 0 Å². The SMILES string of the molecule is O=C(Cc1coc2ccc(F)cc12)N1CCCCCC1. The molecule has 20 heavy (non-hydrogen) atoms.